The summed E-state index contributed by atoms with van der Waals surface area (Å²) >= 11 is 0. The number of rotatable bonds is 8. The van der Waals surface area contributed by atoms with E-state index in [0.29, 0.717) is 46.1 Å². The highest BCUT2D eigenvalue weighted by Crippen LogP contribution is 2.41. The quantitative estimate of drug-likeness (QED) is 0.264. The van der Waals surface area contributed by atoms with E-state index in [1.54, 1.807) is 35.2 Å². The van der Waals surface area contributed by atoms with Gasteiger partial charge < -0.3 is 19.7 Å². The summed E-state index contributed by atoms with van der Waals surface area (Å²) in [5, 5.41) is 14.8. The molecule has 3 aromatic heterocycles. The molecule has 0 spiro atoms. The van der Waals surface area contributed by atoms with Crippen LogP contribution in [0.2, 0.25) is 0 Å². The smallest absolute Gasteiger partial charge is 0.307 e. The van der Waals surface area contributed by atoms with Crippen molar-refractivity contribution in [2.24, 2.45) is 0 Å². The second-order valence-electron chi connectivity index (χ2n) is 10.4. The number of benzene rings is 2. The Labute approximate surface area is 241 Å². The van der Waals surface area contributed by atoms with E-state index < -0.39 is 17.4 Å². The van der Waals surface area contributed by atoms with Gasteiger partial charge in [-0.2, -0.15) is 0 Å². The number of aromatic nitrogens is 3. The molecular formula is C33H28N4O5. The second-order valence-corrected chi connectivity index (χ2v) is 10.4. The molecule has 210 valence electrons. The monoisotopic (exact) mass is 560 g/mol. The minimum atomic E-state index is -0.747. The fourth-order valence-corrected chi connectivity index (χ4v) is 5.20. The third-order valence-corrected chi connectivity index (χ3v) is 7.58. The minimum Gasteiger partial charge on any atom is -0.505 e. The van der Waals surface area contributed by atoms with E-state index in [-0.39, 0.29) is 30.0 Å². The third-order valence-electron chi connectivity index (χ3n) is 7.58. The number of pyridine rings is 3. The number of nitrogens with one attached hydrogen (secondary N) is 1. The summed E-state index contributed by atoms with van der Waals surface area (Å²) in [7, 11) is 1.30. The average Bonchev–Trinajstić information content (AvgIpc) is 3.78. The minimum absolute atomic E-state index is 0.0216. The number of esters is 1. The van der Waals surface area contributed by atoms with E-state index >= 15 is 0 Å². The molecule has 42 heavy (non-hydrogen) atoms. The summed E-state index contributed by atoms with van der Waals surface area (Å²) in [5.41, 5.74) is 1.97. The number of carbonyl (C=O) groups is 2. The summed E-state index contributed by atoms with van der Waals surface area (Å²) in [6.07, 6.45) is 4.45. The first-order valence-electron chi connectivity index (χ1n) is 13.6. The van der Waals surface area contributed by atoms with Crippen LogP contribution < -0.4 is 10.9 Å². The van der Waals surface area contributed by atoms with Crippen LogP contribution in [-0.2, 0) is 16.1 Å². The van der Waals surface area contributed by atoms with Crippen LogP contribution in [0.15, 0.2) is 96.1 Å². The van der Waals surface area contributed by atoms with Crippen LogP contribution in [-0.4, -0.2) is 44.2 Å². The lowest BCUT2D eigenvalue weighted by atomic mass is 10.0. The Morgan fingerprint density at radius 3 is 2.33 bits per heavy atom. The molecular weight excluding hydrogens is 532 g/mol. The van der Waals surface area contributed by atoms with Gasteiger partial charge in [0.25, 0.3) is 11.5 Å². The molecule has 2 N–H and O–H groups in total. The largest absolute Gasteiger partial charge is 0.505 e. The molecule has 0 radical (unpaired) electrons. The number of amides is 1. The Balaban J connectivity index is 1.61. The van der Waals surface area contributed by atoms with E-state index in [2.05, 4.69) is 15.3 Å². The molecule has 0 unspecified atom stereocenters. The van der Waals surface area contributed by atoms with E-state index in [0.717, 1.165) is 5.56 Å². The molecule has 2 aromatic carbocycles. The topological polar surface area (TPSA) is 123 Å². The lowest BCUT2D eigenvalue weighted by molar-refractivity contribution is -0.141. The van der Waals surface area contributed by atoms with Gasteiger partial charge in [0.1, 0.15) is 0 Å². The number of hydrogen-bond acceptors (Lipinski definition) is 7. The second kappa shape index (κ2) is 10.9. The number of ether oxygens (including phenoxy) is 1. The SMILES string of the molecule is COC(=O)CC1(NC(=O)c2nc(-c3cccnc3)c3c(cc(-c4ccccc4)c(=O)n3Cc3ccccc3)c2O)CC1. The van der Waals surface area contributed by atoms with Gasteiger partial charge in [0, 0.05) is 28.9 Å². The highest BCUT2D eigenvalue weighted by atomic mass is 16.5. The van der Waals surface area contributed by atoms with Crippen LogP contribution in [0.5, 0.6) is 5.75 Å². The van der Waals surface area contributed by atoms with Gasteiger partial charge in [0.05, 0.1) is 36.8 Å². The summed E-state index contributed by atoms with van der Waals surface area (Å²) in [4.78, 5) is 48.7. The fraction of sp³-hybridized carbons (Fsp3) is 0.182. The van der Waals surface area contributed by atoms with Gasteiger partial charge in [0.15, 0.2) is 11.4 Å². The number of nitrogens with zero attached hydrogens (tertiary/aromatic N) is 3. The first kappa shape index (κ1) is 26.9. The van der Waals surface area contributed by atoms with Crippen molar-refractivity contribution < 1.29 is 19.4 Å². The normalized spacial score (nSPS) is 13.5. The fourth-order valence-electron chi connectivity index (χ4n) is 5.20. The molecule has 0 atom stereocenters. The molecule has 6 rings (SSSR count). The lowest BCUT2D eigenvalue weighted by Gasteiger charge is -2.20. The number of fused-ring (bicyclic) bond motifs is 1. The van der Waals surface area contributed by atoms with E-state index in [9.17, 15) is 19.5 Å². The maximum absolute atomic E-state index is 14.1. The Kier molecular flexibility index (Phi) is 7.00. The van der Waals surface area contributed by atoms with Gasteiger partial charge in [-0.15, -0.1) is 0 Å². The van der Waals surface area contributed by atoms with Crippen molar-refractivity contribution in [1.82, 2.24) is 19.9 Å². The predicted molar refractivity (Wildman–Crippen MR) is 158 cm³/mol. The van der Waals surface area contributed by atoms with Gasteiger partial charge in [-0.1, -0.05) is 60.7 Å². The molecule has 1 aliphatic carbocycles. The molecule has 0 saturated heterocycles. The van der Waals surface area contributed by atoms with Gasteiger partial charge in [-0.25, -0.2) is 4.98 Å². The molecule has 1 fully saturated rings. The summed E-state index contributed by atoms with van der Waals surface area (Å²) < 4.78 is 6.39. The highest BCUT2D eigenvalue weighted by Gasteiger charge is 2.46. The van der Waals surface area contributed by atoms with E-state index in [4.69, 9.17) is 4.74 Å². The van der Waals surface area contributed by atoms with E-state index in [1.807, 2.05) is 60.7 Å². The van der Waals surface area contributed by atoms with Crippen LogP contribution in [0.4, 0.5) is 0 Å². The maximum Gasteiger partial charge on any atom is 0.307 e. The zero-order valence-corrected chi connectivity index (χ0v) is 22.9. The molecule has 9 nitrogen and oxygen atoms in total. The summed E-state index contributed by atoms with van der Waals surface area (Å²) in [6, 6.07) is 23.9. The first-order valence-corrected chi connectivity index (χ1v) is 13.6. The molecule has 3 heterocycles. The van der Waals surface area contributed by atoms with Crippen LogP contribution in [0.1, 0.15) is 35.3 Å². The molecule has 9 heteroatoms. The maximum atomic E-state index is 14.1. The molecule has 5 aromatic rings. The average molecular weight is 561 g/mol. The third kappa shape index (κ3) is 5.12. The Morgan fingerprint density at radius 1 is 1.00 bits per heavy atom. The number of methoxy groups -OCH3 is 1. The molecule has 0 bridgehead atoms. The predicted octanol–water partition coefficient (Wildman–Crippen LogP) is 4.70. The number of carbonyl (C=O) groups excluding carboxylic acids is 2. The molecule has 0 aliphatic heterocycles. The Hall–Kier alpha value is -5.31. The molecule has 1 amide bonds. The Morgan fingerprint density at radius 2 is 1.69 bits per heavy atom. The highest BCUT2D eigenvalue weighted by molar-refractivity contribution is 6.06. The lowest BCUT2D eigenvalue weighted by Crippen LogP contribution is -2.39. The number of aromatic hydroxyl groups is 1. The summed E-state index contributed by atoms with van der Waals surface area (Å²) in [6.45, 7) is 0.207. The van der Waals surface area contributed by atoms with Gasteiger partial charge in [0.2, 0.25) is 0 Å². The molecule has 1 saturated carbocycles. The van der Waals surface area contributed by atoms with Crippen molar-refractivity contribution in [2.45, 2.75) is 31.3 Å². The first-order chi connectivity index (χ1) is 20.4. The van der Waals surface area contributed by atoms with Crippen molar-refractivity contribution in [3.05, 3.63) is 113 Å². The molecule has 1 aliphatic rings. The van der Waals surface area contributed by atoms with E-state index in [1.165, 1.54) is 7.11 Å². The van der Waals surface area contributed by atoms with Gasteiger partial charge >= 0.3 is 5.97 Å². The van der Waals surface area contributed by atoms with Crippen LogP contribution >= 0.6 is 0 Å². The van der Waals surface area contributed by atoms with Crippen molar-refractivity contribution in [2.75, 3.05) is 7.11 Å². The van der Waals surface area contributed by atoms with Crippen LogP contribution in [0.25, 0.3) is 33.3 Å². The Bertz CT molecular complexity index is 1850. The zero-order chi connectivity index (χ0) is 29.3. The van der Waals surface area contributed by atoms with Gasteiger partial charge in [-0.05, 0) is 42.2 Å². The van der Waals surface area contributed by atoms with Crippen molar-refractivity contribution >= 4 is 22.8 Å². The summed E-state index contributed by atoms with van der Waals surface area (Å²) in [5.74, 6) is -1.41. The van der Waals surface area contributed by atoms with Gasteiger partial charge in [-0.3, -0.25) is 19.4 Å². The van der Waals surface area contributed by atoms with Crippen molar-refractivity contribution in [3.63, 3.8) is 0 Å². The van der Waals surface area contributed by atoms with Crippen LogP contribution in [0.3, 0.4) is 0 Å². The zero-order valence-electron chi connectivity index (χ0n) is 22.9. The van der Waals surface area contributed by atoms with Crippen molar-refractivity contribution in [1.29, 1.82) is 0 Å². The standard InChI is InChI=1S/C33H28N4O5/c1-42-26(38)18-33(14-15-33)36-31(40)28-30(39)25-17-24(22-11-6-3-7-12-22)32(41)37(20-21-9-4-2-5-10-21)29(25)27(35-28)23-13-8-16-34-19-23/h2-13,16-17,19,39H,14-15,18,20H2,1H3,(H,36,40). The van der Waals surface area contributed by atoms with Crippen LogP contribution in [0, 0.1) is 0 Å². The van der Waals surface area contributed by atoms with Crippen molar-refractivity contribution in [3.8, 4) is 28.1 Å². The number of hydrogen-bond donors (Lipinski definition) is 2.